The second kappa shape index (κ2) is 9.01. The van der Waals surface area contributed by atoms with E-state index in [4.69, 9.17) is 9.73 Å². The number of fused-ring (bicyclic) bond motifs is 3. The van der Waals surface area contributed by atoms with E-state index in [9.17, 15) is 9.59 Å². The number of carbonyl (C=O) groups is 1. The van der Waals surface area contributed by atoms with Crippen LogP contribution in [0.5, 0.6) is 0 Å². The average molecular weight is 508 g/mol. The smallest absolute Gasteiger partial charge is 0.338 e. The third kappa shape index (κ3) is 3.74. The third-order valence-corrected chi connectivity index (χ3v) is 7.83. The predicted molar refractivity (Wildman–Crippen MR) is 147 cm³/mol. The number of para-hydroxylation sites is 1. The quantitative estimate of drug-likeness (QED) is 0.338. The third-order valence-electron chi connectivity index (χ3n) is 6.85. The fourth-order valence-electron chi connectivity index (χ4n) is 5.20. The fourth-order valence-corrected chi connectivity index (χ4v) is 6.24. The highest BCUT2D eigenvalue weighted by atomic mass is 32.1. The molecule has 0 saturated heterocycles. The Hall–Kier alpha value is -4.23. The summed E-state index contributed by atoms with van der Waals surface area (Å²) in [5, 5.41) is 3.09. The molecule has 184 valence electrons. The Kier molecular flexibility index (Phi) is 5.65. The maximum atomic E-state index is 14.0. The van der Waals surface area contributed by atoms with Gasteiger partial charge in [-0.2, -0.15) is 0 Å². The minimum absolute atomic E-state index is 0.177. The van der Waals surface area contributed by atoms with Gasteiger partial charge in [0.1, 0.15) is 0 Å². The molecule has 0 bridgehead atoms. The van der Waals surface area contributed by atoms with E-state index in [0.717, 1.165) is 32.8 Å². The first-order valence-electron chi connectivity index (χ1n) is 12.2. The van der Waals surface area contributed by atoms with Crippen molar-refractivity contribution in [3.8, 4) is 0 Å². The number of esters is 1. The van der Waals surface area contributed by atoms with Gasteiger partial charge in [-0.15, -0.1) is 0 Å². The average Bonchev–Trinajstić information content (AvgIpc) is 3.38. The van der Waals surface area contributed by atoms with Gasteiger partial charge in [0.25, 0.3) is 5.56 Å². The topological polar surface area (TPSA) is 65.6 Å². The Morgan fingerprint density at radius 2 is 1.78 bits per heavy atom. The molecule has 0 aliphatic carbocycles. The molecule has 6 nitrogen and oxygen atoms in total. The highest BCUT2D eigenvalue weighted by Gasteiger charge is 2.34. The number of rotatable bonds is 4. The molecule has 37 heavy (non-hydrogen) atoms. The second-order valence-corrected chi connectivity index (χ2v) is 10.1. The summed E-state index contributed by atoms with van der Waals surface area (Å²) < 4.78 is 9.72. The summed E-state index contributed by atoms with van der Waals surface area (Å²) in [7, 11) is 2.00. The molecule has 3 heterocycles. The van der Waals surface area contributed by atoms with Gasteiger partial charge < -0.3 is 9.30 Å². The first-order valence-corrected chi connectivity index (χ1v) is 13.0. The van der Waals surface area contributed by atoms with E-state index in [1.54, 1.807) is 11.5 Å². The fraction of sp³-hybridized carbons (Fsp3) is 0.167. The lowest BCUT2D eigenvalue weighted by molar-refractivity contribution is -0.139. The van der Waals surface area contributed by atoms with Crippen molar-refractivity contribution >= 4 is 45.1 Å². The maximum Gasteiger partial charge on any atom is 0.338 e. The van der Waals surface area contributed by atoms with Crippen LogP contribution in [0.25, 0.3) is 27.8 Å². The zero-order chi connectivity index (χ0) is 25.7. The molecule has 0 saturated carbocycles. The van der Waals surface area contributed by atoms with Crippen LogP contribution in [-0.2, 0) is 16.6 Å². The molecule has 1 aliphatic heterocycles. The molecule has 1 unspecified atom stereocenters. The Morgan fingerprint density at radius 1 is 1.05 bits per heavy atom. The lowest BCUT2D eigenvalue weighted by Crippen LogP contribution is -2.40. The highest BCUT2D eigenvalue weighted by molar-refractivity contribution is 7.07. The van der Waals surface area contributed by atoms with Gasteiger partial charge in [0, 0.05) is 29.7 Å². The van der Waals surface area contributed by atoms with Gasteiger partial charge in [-0.3, -0.25) is 9.36 Å². The number of aryl methyl sites for hydroxylation is 1. The number of aromatic nitrogens is 2. The predicted octanol–water partition coefficient (Wildman–Crippen LogP) is 4.44. The minimum Gasteiger partial charge on any atom is -0.463 e. The lowest BCUT2D eigenvalue weighted by Gasteiger charge is -2.25. The van der Waals surface area contributed by atoms with Gasteiger partial charge in [-0.05, 0) is 42.3 Å². The first-order chi connectivity index (χ1) is 18.0. The van der Waals surface area contributed by atoms with Crippen LogP contribution in [0.1, 0.15) is 31.0 Å². The van der Waals surface area contributed by atoms with Crippen LogP contribution in [0.3, 0.4) is 0 Å². The summed E-state index contributed by atoms with van der Waals surface area (Å²) in [4.78, 5) is 32.5. The summed E-state index contributed by atoms with van der Waals surface area (Å²) in [6.07, 6.45) is 3.95. The number of carbonyl (C=O) groups excluding carboxylic acids is 1. The first kappa shape index (κ1) is 23.2. The van der Waals surface area contributed by atoms with Crippen LogP contribution >= 0.6 is 11.3 Å². The molecule has 1 aliphatic rings. The molecule has 0 radical (unpaired) electrons. The van der Waals surface area contributed by atoms with Crippen molar-refractivity contribution in [2.75, 3.05) is 6.61 Å². The van der Waals surface area contributed by atoms with Crippen molar-refractivity contribution < 1.29 is 9.53 Å². The number of ether oxygens (including phenoxy) is 1. The molecule has 7 heteroatoms. The van der Waals surface area contributed by atoms with Gasteiger partial charge >= 0.3 is 5.97 Å². The van der Waals surface area contributed by atoms with Gasteiger partial charge in [-0.25, -0.2) is 9.79 Å². The summed E-state index contributed by atoms with van der Waals surface area (Å²) in [6, 6.07) is 21.4. The van der Waals surface area contributed by atoms with Crippen molar-refractivity contribution in [3.63, 3.8) is 0 Å². The van der Waals surface area contributed by atoms with E-state index in [1.807, 2.05) is 80.8 Å². The summed E-state index contributed by atoms with van der Waals surface area (Å²) in [5.41, 5.74) is 3.70. The molecule has 1 atom stereocenters. The van der Waals surface area contributed by atoms with Crippen molar-refractivity contribution in [2.24, 2.45) is 12.0 Å². The van der Waals surface area contributed by atoms with Crippen molar-refractivity contribution in [1.82, 2.24) is 9.13 Å². The SMILES string of the molecule is CCOC(=O)C1=C(C)N=c2sc(=Cc3cn(C)c4ccccc34)c(=O)n2C1c1cccc2ccccc12. The van der Waals surface area contributed by atoms with Gasteiger partial charge in [0.2, 0.25) is 0 Å². The van der Waals surface area contributed by atoms with E-state index in [0.29, 0.717) is 20.6 Å². The zero-order valence-corrected chi connectivity index (χ0v) is 21.6. The van der Waals surface area contributed by atoms with Crippen LogP contribution in [0.15, 0.2) is 94.0 Å². The summed E-state index contributed by atoms with van der Waals surface area (Å²) in [5.74, 6) is -0.454. The summed E-state index contributed by atoms with van der Waals surface area (Å²) >= 11 is 1.34. The largest absolute Gasteiger partial charge is 0.463 e. The Labute approximate surface area is 217 Å². The molecule has 0 N–H and O–H groups in total. The molecule has 0 amide bonds. The molecule has 3 aromatic carbocycles. The van der Waals surface area contributed by atoms with Crippen LogP contribution < -0.4 is 14.9 Å². The number of hydrogen-bond donors (Lipinski definition) is 0. The van der Waals surface area contributed by atoms with E-state index in [-0.39, 0.29) is 12.2 Å². The van der Waals surface area contributed by atoms with E-state index in [1.165, 1.54) is 11.3 Å². The van der Waals surface area contributed by atoms with Crippen LogP contribution in [-0.4, -0.2) is 21.7 Å². The number of allylic oxidation sites excluding steroid dienone is 1. The molecule has 5 aromatic rings. The van der Waals surface area contributed by atoms with E-state index >= 15 is 0 Å². The van der Waals surface area contributed by atoms with Crippen LogP contribution in [0, 0.1) is 0 Å². The Bertz CT molecular complexity index is 1920. The van der Waals surface area contributed by atoms with Gasteiger partial charge in [-0.1, -0.05) is 72.0 Å². The molecule has 0 spiro atoms. The molecular weight excluding hydrogens is 482 g/mol. The normalized spacial score (nSPS) is 15.8. The number of thiazole rings is 1. The number of benzene rings is 3. The number of nitrogens with zero attached hydrogens (tertiary/aromatic N) is 3. The van der Waals surface area contributed by atoms with Crippen molar-refractivity contribution in [1.29, 1.82) is 0 Å². The highest BCUT2D eigenvalue weighted by Crippen LogP contribution is 2.34. The monoisotopic (exact) mass is 507 g/mol. The molecule has 0 fully saturated rings. The molecular formula is C30H25N3O3S. The van der Waals surface area contributed by atoms with E-state index < -0.39 is 12.0 Å². The number of hydrogen-bond acceptors (Lipinski definition) is 5. The lowest BCUT2D eigenvalue weighted by atomic mass is 9.91. The van der Waals surface area contributed by atoms with E-state index in [2.05, 4.69) is 16.7 Å². The standard InChI is InChI=1S/C30H25N3O3S/c1-4-36-29(35)26-18(2)31-30-33(27(26)23-14-9-11-19-10-5-6-12-21(19)23)28(34)25(37-30)16-20-17-32(3)24-15-8-7-13-22(20)24/h5-17,27H,4H2,1-3H3. The van der Waals surface area contributed by atoms with Crippen molar-refractivity contribution in [2.45, 2.75) is 19.9 Å². The minimum atomic E-state index is -0.643. The molecule has 6 rings (SSSR count). The maximum absolute atomic E-state index is 14.0. The van der Waals surface area contributed by atoms with Crippen LogP contribution in [0.4, 0.5) is 0 Å². The zero-order valence-electron chi connectivity index (χ0n) is 20.8. The van der Waals surface area contributed by atoms with Crippen molar-refractivity contribution in [3.05, 3.63) is 115 Å². The molecule has 2 aromatic heterocycles. The Balaban J connectivity index is 1.64. The Morgan fingerprint density at radius 3 is 2.59 bits per heavy atom. The second-order valence-electron chi connectivity index (χ2n) is 9.08. The van der Waals surface area contributed by atoms with Crippen LogP contribution in [0.2, 0.25) is 0 Å². The van der Waals surface area contributed by atoms with Gasteiger partial charge in [0.15, 0.2) is 4.80 Å². The summed E-state index contributed by atoms with van der Waals surface area (Å²) in [6.45, 7) is 3.83. The van der Waals surface area contributed by atoms with Gasteiger partial charge in [0.05, 0.1) is 28.5 Å².